The van der Waals surface area contributed by atoms with Crippen LogP contribution in [0.3, 0.4) is 0 Å². The van der Waals surface area contributed by atoms with Crippen molar-refractivity contribution in [1.29, 1.82) is 0 Å². The topological polar surface area (TPSA) is 68.3 Å². The number of unbranched alkanes of at least 4 members (excludes halogenated alkanes) is 2. The summed E-state index contributed by atoms with van der Waals surface area (Å²) in [6.07, 6.45) is 14.2. The van der Waals surface area contributed by atoms with Crippen LogP contribution in [0.15, 0.2) is 48.5 Å². The molecule has 1 aliphatic rings. The van der Waals surface area contributed by atoms with Crippen LogP contribution >= 0.6 is 0 Å². The molecule has 0 atom stereocenters. The fourth-order valence-corrected chi connectivity index (χ4v) is 8.16. The van der Waals surface area contributed by atoms with Gasteiger partial charge in [-0.3, -0.25) is 19.2 Å². The van der Waals surface area contributed by atoms with Crippen molar-refractivity contribution in [2.45, 2.75) is 260 Å². The molecule has 0 spiro atoms. The molecule has 0 saturated heterocycles. The molecule has 0 radical (unpaired) electrons. The minimum absolute atomic E-state index is 0.0914. The molecule has 2 aromatic rings. The summed E-state index contributed by atoms with van der Waals surface area (Å²) in [6.45, 7) is 51.0. The van der Waals surface area contributed by atoms with E-state index >= 15 is 0 Å². The number of rotatable bonds is 12. The number of benzene rings is 2. The minimum Gasteiger partial charge on any atom is -0.299 e. The van der Waals surface area contributed by atoms with E-state index in [2.05, 4.69) is 134 Å². The number of ketones is 4. The minimum atomic E-state index is -0.309. The molecular weight excluding hydrogens is 821 g/mol. The average Bonchev–Trinajstić information content (AvgIpc) is 3.15. The van der Waals surface area contributed by atoms with E-state index in [1.807, 2.05) is 80.5 Å². The zero-order chi connectivity index (χ0) is 52.6. The molecule has 1 fully saturated rings. The fraction of sp³-hybridized carbons (Fsp3) is 0.746. The summed E-state index contributed by atoms with van der Waals surface area (Å²) >= 11 is 0. The zero-order valence-corrected chi connectivity index (χ0v) is 48.6. The van der Waals surface area contributed by atoms with Gasteiger partial charge in [0.25, 0.3) is 0 Å². The van der Waals surface area contributed by atoms with Gasteiger partial charge < -0.3 is 0 Å². The largest absolute Gasteiger partial charge is 0.299 e. The van der Waals surface area contributed by atoms with Gasteiger partial charge in [-0.15, -0.1) is 0 Å². The molecule has 2 aromatic carbocycles. The maximum atomic E-state index is 12.2. The summed E-state index contributed by atoms with van der Waals surface area (Å²) in [6, 6.07) is 16.8. The van der Waals surface area contributed by atoms with Crippen LogP contribution in [0.4, 0.5) is 0 Å². The maximum Gasteiger partial charge on any atom is 0.168 e. The van der Waals surface area contributed by atoms with Crippen molar-refractivity contribution in [2.75, 3.05) is 0 Å². The van der Waals surface area contributed by atoms with Crippen LogP contribution in [-0.4, -0.2) is 23.1 Å². The third-order valence-corrected chi connectivity index (χ3v) is 12.7. The standard InChI is InChI=1S/C18H28O.C16H30O.C15H22O.C14H28O/c1-17(2,3)15-12-10-14(11-13-15)8-7-9-16(19)18(4,5)6;1-15(2,3)11-12-7-9-13(10-8-12)14(17)16(4,5)6;1-14(2,3)12-9-7-8-11(10-12)13(16)15(4,5)6;1-13(2,3)11-9-7-8-10-12(15)14(4,5)6/h10-13H,7-9H2,1-6H3;12-13H,7-11H2,1-6H3;7-10H,1-6H3;7-11H2,1-6H3. The molecule has 4 heteroatoms. The van der Waals surface area contributed by atoms with E-state index < -0.39 is 0 Å². The molecule has 1 aliphatic carbocycles. The maximum absolute atomic E-state index is 12.2. The Morgan fingerprint density at radius 3 is 1.31 bits per heavy atom. The molecule has 0 bridgehead atoms. The SMILES string of the molecule is CC(C)(C)C(=O)CCCc1ccc(C(C)(C)C)cc1.CC(C)(C)C(=O)c1cccc(C(C)(C)C)c1.CC(C)(C)CC1CCC(C(=O)C(C)(C)C)CC1.CC(C)(C)CCCCCC(=O)C(C)(C)C. The van der Waals surface area contributed by atoms with Gasteiger partial charge in [-0.1, -0.05) is 221 Å². The molecule has 0 heterocycles. The molecule has 67 heavy (non-hydrogen) atoms. The lowest BCUT2D eigenvalue weighted by Gasteiger charge is -2.34. The van der Waals surface area contributed by atoms with Crippen molar-refractivity contribution in [3.63, 3.8) is 0 Å². The van der Waals surface area contributed by atoms with E-state index in [-0.39, 0.29) is 38.3 Å². The molecule has 0 N–H and O–H groups in total. The lowest BCUT2D eigenvalue weighted by atomic mass is 9.70. The summed E-state index contributed by atoms with van der Waals surface area (Å²) in [7, 11) is 0. The third-order valence-electron chi connectivity index (χ3n) is 12.7. The summed E-state index contributed by atoms with van der Waals surface area (Å²) in [5, 5.41) is 0. The first-order valence-corrected chi connectivity index (χ1v) is 26.3. The molecule has 0 aromatic heterocycles. The van der Waals surface area contributed by atoms with Crippen molar-refractivity contribution in [1.82, 2.24) is 0 Å². The number of aryl methyl sites for hydroxylation is 1. The van der Waals surface area contributed by atoms with Gasteiger partial charge >= 0.3 is 0 Å². The van der Waals surface area contributed by atoms with Crippen LogP contribution in [0, 0.1) is 44.3 Å². The molecule has 384 valence electrons. The quantitative estimate of drug-likeness (QED) is 0.157. The highest BCUT2D eigenvalue weighted by Crippen LogP contribution is 2.39. The normalized spacial score (nSPS) is 16.3. The lowest BCUT2D eigenvalue weighted by Crippen LogP contribution is -2.31. The lowest BCUT2D eigenvalue weighted by molar-refractivity contribution is -0.131. The number of hydrogen-bond donors (Lipinski definition) is 0. The molecular formula is C63H108O4. The van der Waals surface area contributed by atoms with Gasteiger partial charge in [0, 0.05) is 46.0 Å². The molecule has 0 aliphatic heterocycles. The van der Waals surface area contributed by atoms with Gasteiger partial charge in [-0.05, 0) is 108 Å². The van der Waals surface area contributed by atoms with E-state index in [1.165, 1.54) is 55.2 Å². The van der Waals surface area contributed by atoms with Crippen LogP contribution in [0.25, 0.3) is 0 Å². The average molecular weight is 930 g/mol. The second-order valence-corrected chi connectivity index (χ2v) is 28.8. The fourth-order valence-electron chi connectivity index (χ4n) is 8.16. The Morgan fingerprint density at radius 2 is 0.925 bits per heavy atom. The Kier molecular flexibility index (Phi) is 25.2. The molecule has 3 rings (SSSR count). The van der Waals surface area contributed by atoms with Gasteiger partial charge in [-0.2, -0.15) is 0 Å². The van der Waals surface area contributed by atoms with E-state index in [1.54, 1.807) is 0 Å². The van der Waals surface area contributed by atoms with Crippen molar-refractivity contribution < 1.29 is 19.2 Å². The Hall–Kier alpha value is -2.88. The van der Waals surface area contributed by atoms with Crippen LogP contribution in [0.1, 0.15) is 270 Å². The Balaban J connectivity index is 0.000000870. The van der Waals surface area contributed by atoms with Crippen LogP contribution in [0.5, 0.6) is 0 Å². The summed E-state index contributed by atoms with van der Waals surface area (Å²) < 4.78 is 0. The highest BCUT2D eigenvalue weighted by molar-refractivity contribution is 6.00. The van der Waals surface area contributed by atoms with Crippen LogP contribution in [-0.2, 0) is 31.6 Å². The molecule has 4 nitrogen and oxygen atoms in total. The Labute approximate surface area is 416 Å². The second-order valence-electron chi connectivity index (χ2n) is 28.8. The van der Waals surface area contributed by atoms with Crippen LogP contribution in [0.2, 0.25) is 0 Å². The van der Waals surface area contributed by atoms with Crippen molar-refractivity contribution in [2.24, 2.45) is 44.3 Å². The zero-order valence-electron chi connectivity index (χ0n) is 48.6. The number of carbonyl (C=O) groups is 4. The first kappa shape index (κ1) is 64.1. The van der Waals surface area contributed by atoms with E-state index in [0.717, 1.165) is 50.0 Å². The van der Waals surface area contributed by atoms with E-state index in [4.69, 9.17) is 0 Å². The monoisotopic (exact) mass is 929 g/mol. The van der Waals surface area contributed by atoms with E-state index in [9.17, 15) is 19.2 Å². The highest BCUT2D eigenvalue weighted by atomic mass is 16.1. The predicted octanol–water partition coefficient (Wildman–Crippen LogP) is 18.6. The van der Waals surface area contributed by atoms with Gasteiger partial charge in [0.15, 0.2) is 5.78 Å². The highest BCUT2D eigenvalue weighted by Gasteiger charge is 2.34. The van der Waals surface area contributed by atoms with E-state index in [0.29, 0.717) is 40.5 Å². The Bertz CT molecular complexity index is 1770. The number of hydrogen-bond acceptors (Lipinski definition) is 4. The first-order valence-electron chi connectivity index (χ1n) is 26.3. The van der Waals surface area contributed by atoms with Crippen LogP contribution < -0.4 is 0 Å². The first-order chi connectivity index (χ1) is 29.9. The van der Waals surface area contributed by atoms with Gasteiger partial charge in [0.05, 0.1) is 0 Å². The van der Waals surface area contributed by atoms with Gasteiger partial charge in [0.1, 0.15) is 17.3 Å². The number of Topliss-reactive ketones (excluding diaryl/α,β-unsaturated/α-hetero) is 4. The Morgan fingerprint density at radius 1 is 0.463 bits per heavy atom. The van der Waals surface area contributed by atoms with Crippen molar-refractivity contribution in [3.8, 4) is 0 Å². The molecule has 0 unspecified atom stereocenters. The smallest absolute Gasteiger partial charge is 0.168 e. The second kappa shape index (κ2) is 26.4. The van der Waals surface area contributed by atoms with Gasteiger partial charge in [0.2, 0.25) is 0 Å². The summed E-state index contributed by atoms with van der Waals surface area (Å²) in [5.74, 6) is 2.63. The number of carbonyl (C=O) groups excluding carboxylic acids is 4. The third kappa shape index (κ3) is 28.4. The van der Waals surface area contributed by atoms with Crippen molar-refractivity contribution >= 4 is 23.1 Å². The molecule has 1 saturated carbocycles. The summed E-state index contributed by atoms with van der Waals surface area (Å²) in [5.41, 5.74) is 5.09. The summed E-state index contributed by atoms with van der Waals surface area (Å²) in [4.78, 5) is 47.8. The molecule has 0 amide bonds. The predicted molar refractivity (Wildman–Crippen MR) is 292 cm³/mol. The van der Waals surface area contributed by atoms with Crippen molar-refractivity contribution in [3.05, 3.63) is 70.8 Å². The van der Waals surface area contributed by atoms with Gasteiger partial charge in [-0.25, -0.2) is 0 Å².